The molecule has 0 aromatic carbocycles. The molecule has 0 aliphatic carbocycles. The Morgan fingerprint density at radius 1 is 1.67 bits per heavy atom. The van der Waals surface area contributed by atoms with Gasteiger partial charge in [-0.3, -0.25) is 0 Å². The van der Waals surface area contributed by atoms with Crippen molar-refractivity contribution in [3.63, 3.8) is 0 Å². The topological polar surface area (TPSA) is 23.1 Å². The van der Waals surface area contributed by atoms with Crippen LogP contribution in [0, 0.1) is 0 Å². The second-order valence-corrected chi connectivity index (χ2v) is 1.65. The van der Waals surface area contributed by atoms with Gasteiger partial charge in [-0.25, -0.2) is 0 Å². The van der Waals surface area contributed by atoms with Crippen molar-refractivity contribution in [2.24, 2.45) is 0 Å². The summed E-state index contributed by atoms with van der Waals surface area (Å²) in [5.74, 6) is 0. The van der Waals surface area contributed by atoms with Crippen molar-refractivity contribution in [2.75, 3.05) is 6.61 Å². The normalized spacial score (nSPS) is 10.2. The Labute approximate surface area is 68.6 Å². The van der Waals surface area contributed by atoms with Gasteiger partial charge in [-0.15, -0.1) is 6.61 Å². The van der Waals surface area contributed by atoms with E-state index in [0.29, 0.717) is 6.42 Å². The van der Waals surface area contributed by atoms with Crippen LogP contribution in [0.1, 0.15) is 13.3 Å². The van der Waals surface area contributed by atoms with E-state index in [-0.39, 0.29) is 25.5 Å². The van der Waals surface area contributed by atoms with Crippen molar-refractivity contribution < 1.29 is 24.0 Å². The molecule has 1 nitrogen and oxygen atoms in total. The molecule has 0 aromatic rings. The predicted octanol–water partition coefficient (Wildman–Crippen LogP) is -2.13. The Hall–Kier alpha value is 0.0374. The molecule has 0 fully saturated rings. The van der Waals surface area contributed by atoms with Gasteiger partial charge < -0.3 is 5.11 Å². The van der Waals surface area contributed by atoms with E-state index in [1.54, 1.807) is 6.08 Å². The van der Waals surface area contributed by atoms with E-state index >= 15 is 0 Å². The molecule has 0 aliphatic rings. The second kappa shape index (κ2) is 8.04. The smallest absolute Gasteiger partial charge is 0.854 e. The third kappa shape index (κ3) is 8.04. The number of hydrogen-bond donors (Lipinski definition) is 0. The Morgan fingerprint density at radius 2 is 2.22 bits per heavy atom. The molecular formula is C7H11LiO. The molecular weight excluding hydrogens is 107 g/mol. The first-order chi connectivity index (χ1) is 3.81. The van der Waals surface area contributed by atoms with Gasteiger partial charge in [0.15, 0.2) is 0 Å². The Morgan fingerprint density at radius 3 is 2.56 bits per heavy atom. The molecule has 0 rings (SSSR count). The first-order valence-electron chi connectivity index (χ1n) is 2.68. The maximum absolute atomic E-state index is 9.87. The quantitative estimate of drug-likeness (QED) is 0.307. The van der Waals surface area contributed by atoms with E-state index in [1.807, 2.05) is 13.0 Å². The largest absolute Gasteiger partial charge is 1.00 e. The molecule has 0 N–H and O–H groups in total. The van der Waals surface area contributed by atoms with Gasteiger partial charge in [0.25, 0.3) is 0 Å². The predicted molar refractivity (Wildman–Crippen MR) is 33.4 cm³/mol. The molecule has 0 saturated heterocycles. The molecule has 0 radical (unpaired) electrons. The molecule has 0 atom stereocenters. The van der Waals surface area contributed by atoms with Crippen LogP contribution >= 0.6 is 0 Å². The third-order valence-electron chi connectivity index (χ3n) is 0.906. The summed E-state index contributed by atoms with van der Waals surface area (Å²) in [5.41, 5.74) is 1.08. The summed E-state index contributed by atoms with van der Waals surface area (Å²) >= 11 is 0. The van der Waals surface area contributed by atoms with Crippen LogP contribution in [0.4, 0.5) is 0 Å². The standard InChI is InChI=1S/C7H11O.Li/c1-3-7(2)5-4-6-8;/h3,5H,1,4,6H2,2H3;/q-1;+1/b7-5+;. The molecule has 2 heteroatoms. The van der Waals surface area contributed by atoms with E-state index in [4.69, 9.17) is 0 Å². The minimum Gasteiger partial charge on any atom is -0.854 e. The molecule has 0 aliphatic heterocycles. The Bertz CT molecular complexity index is 97.1. The minimum atomic E-state index is -0.0226. The van der Waals surface area contributed by atoms with Crippen molar-refractivity contribution in [3.05, 3.63) is 24.3 Å². The summed E-state index contributed by atoms with van der Waals surface area (Å²) in [6, 6.07) is 0. The minimum absolute atomic E-state index is 0. The van der Waals surface area contributed by atoms with Gasteiger partial charge in [-0.1, -0.05) is 24.3 Å². The van der Waals surface area contributed by atoms with Crippen molar-refractivity contribution in [1.29, 1.82) is 0 Å². The summed E-state index contributed by atoms with van der Waals surface area (Å²) in [5, 5.41) is 9.87. The zero-order chi connectivity index (χ0) is 6.41. The molecule has 9 heavy (non-hydrogen) atoms. The van der Waals surface area contributed by atoms with E-state index in [9.17, 15) is 5.11 Å². The summed E-state index contributed by atoms with van der Waals surface area (Å²) in [7, 11) is 0. The van der Waals surface area contributed by atoms with Crippen LogP contribution in [-0.2, 0) is 0 Å². The van der Waals surface area contributed by atoms with Gasteiger partial charge in [0.05, 0.1) is 0 Å². The first-order valence-corrected chi connectivity index (χ1v) is 2.68. The average Bonchev–Trinajstić information content (AvgIpc) is 1.83. The van der Waals surface area contributed by atoms with Crippen molar-refractivity contribution in [2.45, 2.75) is 13.3 Å². The summed E-state index contributed by atoms with van der Waals surface area (Å²) < 4.78 is 0. The van der Waals surface area contributed by atoms with Gasteiger partial charge >= 0.3 is 18.9 Å². The van der Waals surface area contributed by atoms with Crippen molar-refractivity contribution in [1.82, 2.24) is 0 Å². The van der Waals surface area contributed by atoms with Gasteiger partial charge in [-0.2, -0.15) is 0 Å². The monoisotopic (exact) mass is 118 g/mol. The average molecular weight is 118 g/mol. The molecule has 0 aromatic heterocycles. The van der Waals surface area contributed by atoms with Gasteiger partial charge in [0.1, 0.15) is 0 Å². The first kappa shape index (κ1) is 11.8. The van der Waals surface area contributed by atoms with Crippen LogP contribution in [0.3, 0.4) is 0 Å². The maximum Gasteiger partial charge on any atom is 1.00 e. The molecule has 0 amide bonds. The molecule has 0 unspecified atom stereocenters. The van der Waals surface area contributed by atoms with Crippen LogP contribution in [0.25, 0.3) is 0 Å². The molecule has 46 valence electrons. The van der Waals surface area contributed by atoms with Crippen LogP contribution in [0.2, 0.25) is 0 Å². The Kier molecular flexibility index (Phi) is 10.5. The van der Waals surface area contributed by atoms with Crippen LogP contribution in [-0.4, -0.2) is 6.61 Å². The fourth-order valence-corrected chi connectivity index (χ4v) is 0.370. The number of allylic oxidation sites excluding steroid dienone is 2. The zero-order valence-corrected chi connectivity index (χ0v) is 6.18. The molecule has 0 spiro atoms. The van der Waals surface area contributed by atoms with Gasteiger partial charge in [0.2, 0.25) is 0 Å². The van der Waals surface area contributed by atoms with E-state index < -0.39 is 0 Å². The van der Waals surface area contributed by atoms with Crippen LogP contribution < -0.4 is 24.0 Å². The number of hydrogen-bond acceptors (Lipinski definition) is 1. The maximum atomic E-state index is 9.87. The Balaban J connectivity index is 0. The molecule has 0 saturated carbocycles. The SMILES string of the molecule is C=C/C(C)=C/CC[O-].[Li+]. The fourth-order valence-electron chi connectivity index (χ4n) is 0.370. The number of rotatable bonds is 3. The summed E-state index contributed by atoms with van der Waals surface area (Å²) in [4.78, 5) is 0. The van der Waals surface area contributed by atoms with Gasteiger partial charge in [0, 0.05) is 0 Å². The van der Waals surface area contributed by atoms with Crippen LogP contribution in [0.5, 0.6) is 0 Å². The molecule has 0 bridgehead atoms. The summed E-state index contributed by atoms with van der Waals surface area (Å²) in [6.45, 7) is 5.45. The molecule has 0 heterocycles. The summed E-state index contributed by atoms with van der Waals surface area (Å²) in [6.07, 6.45) is 4.26. The second-order valence-electron chi connectivity index (χ2n) is 1.65. The van der Waals surface area contributed by atoms with E-state index in [1.165, 1.54) is 0 Å². The zero-order valence-electron chi connectivity index (χ0n) is 6.18. The third-order valence-corrected chi connectivity index (χ3v) is 0.906. The van der Waals surface area contributed by atoms with Crippen molar-refractivity contribution in [3.8, 4) is 0 Å². The fraction of sp³-hybridized carbons (Fsp3) is 0.429. The van der Waals surface area contributed by atoms with E-state index in [0.717, 1.165) is 5.57 Å². The van der Waals surface area contributed by atoms with Gasteiger partial charge in [-0.05, 0) is 13.3 Å². The van der Waals surface area contributed by atoms with E-state index in [2.05, 4.69) is 6.58 Å². The van der Waals surface area contributed by atoms with Crippen molar-refractivity contribution >= 4 is 0 Å². The van der Waals surface area contributed by atoms with Crippen LogP contribution in [0.15, 0.2) is 24.3 Å².